The lowest BCUT2D eigenvalue weighted by Gasteiger charge is -2.07. The van der Waals surface area contributed by atoms with E-state index in [9.17, 15) is 9.50 Å². The Kier molecular flexibility index (Phi) is 7.36. The molecule has 1 atom stereocenters. The van der Waals surface area contributed by atoms with E-state index >= 15 is 0 Å². The van der Waals surface area contributed by atoms with Crippen molar-refractivity contribution in [3.63, 3.8) is 0 Å². The number of unbranched alkanes of at least 4 members (excludes halogenated alkanes) is 1. The first-order chi connectivity index (χ1) is 12.1. The number of aromatic nitrogens is 1. The second-order valence-corrected chi connectivity index (χ2v) is 5.90. The van der Waals surface area contributed by atoms with Crippen LogP contribution >= 0.6 is 0 Å². The topological polar surface area (TPSA) is 42.4 Å². The Hall–Kier alpha value is -2.46. The van der Waals surface area contributed by atoms with Crippen LogP contribution in [0, 0.1) is 5.82 Å². The number of benzene rings is 1. The molecule has 0 aliphatic carbocycles. The number of hydrogen-bond donors (Lipinski definition) is 1. The number of hydrogen-bond acceptors (Lipinski definition) is 3. The zero-order valence-corrected chi connectivity index (χ0v) is 14.5. The first-order valence-corrected chi connectivity index (χ1v) is 8.44. The Morgan fingerprint density at radius 2 is 2.16 bits per heavy atom. The van der Waals surface area contributed by atoms with E-state index in [1.54, 1.807) is 31.3 Å². The van der Waals surface area contributed by atoms with Crippen LogP contribution in [0.15, 0.2) is 55.3 Å². The van der Waals surface area contributed by atoms with Gasteiger partial charge < -0.3 is 9.84 Å². The van der Waals surface area contributed by atoms with Crippen molar-refractivity contribution in [2.75, 3.05) is 6.61 Å². The van der Waals surface area contributed by atoms with Crippen LogP contribution in [0.2, 0.25) is 0 Å². The number of nitrogens with zero attached hydrogens (tertiary/aromatic N) is 1. The molecule has 0 amide bonds. The van der Waals surface area contributed by atoms with Crippen molar-refractivity contribution in [3.05, 3.63) is 66.8 Å². The zero-order valence-electron chi connectivity index (χ0n) is 14.5. The molecule has 0 aliphatic heterocycles. The Morgan fingerprint density at radius 1 is 1.32 bits per heavy atom. The summed E-state index contributed by atoms with van der Waals surface area (Å²) in [5.41, 5.74) is 2.04. The quantitative estimate of drug-likeness (QED) is 0.514. The van der Waals surface area contributed by atoms with E-state index in [1.807, 2.05) is 24.3 Å². The van der Waals surface area contributed by atoms with Gasteiger partial charge in [-0.3, -0.25) is 4.98 Å². The first kappa shape index (κ1) is 18.9. The molecule has 0 saturated heterocycles. The van der Waals surface area contributed by atoms with Crippen molar-refractivity contribution in [2.24, 2.45) is 0 Å². The molecular formula is C21H24FNO2. The largest absolute Gasteiger partial charge is 0.489 e. The van der Waals surface area contributed by atoms with Crippen LogP contribution < -0.4 is 4.74 Å². The third kappa shape index (κ3) is 6.16. The Bertz CT molecular complexity index is 708. The van der Waals surface area contributed by atoms with Gasteiger partial charge in [0.15, 0.2) is 0 Å². The van der Waals surface area contributed by atoms with Crippen molar-refractivity contribution >= 4 is 6.08 Å². The molecule has 0 radical (unpaired) electrons. The van der Waals surface area contributed by atoms with Crippen molar-refractivity contribution in [2.45, 2.75) is 32.3 Å². The highest BCUT2D eigenvalue weighted by atomic mass is 19.1. The van der Waals surface area contributed by atoms with Crippen LogP contribution in [0.1, 0.15) is 31.9 Å². The van der Waals surface area contributed by atoms with E-state index in [2.05, 4.69) is 11.6 Å². The van der Waals surface area contributed by atoms with Gasteiger partial charge in [-0.05, 0) is 50.5 Å². The number of pyridine rings is 1. The monoisotopic (exact) mass is 341 g/mol. The number of ether oxygens (including phenoxy) is 1. The molecule has 132 valence electrons. The molecule has 0 spiro atoms. The van der Waals surface area contributed by atoms with E-state index in [4.69, 9.17) is 4.74 Å². The molecule has 1 unspecified atom stereocenters. The van der Waals surface area contributed by atoms with Gasteiger partial charge in [-0.2, -0.15) is 0 Å². The maximum Gasteiger partial charge on any atom is 0.134 e. The van der Waals surface area contributed by atoms with Gasteiger partial charge in [0.1, 0.15) is 18.2 Å². The smallest absolute Gasteiger partial charge is 0.134 e. The maximum atomic E-state index is 14.2. The zero-order chi connectivity index (χ0) is 18.1. The lowest BCUT2D eigenvalue weighted by molar-refractivity contribution is 0.182. The number of aliphatic hydroxyl groups excluding tert-OH is 1. The van der Waals surface area contributed by atoms with Crippen molar-refractivity contribution in [1.82, 2.24) is 4.98 Å². The fourth-order valence-corrected chi connectivity index (χ4v) is 2.37. The van der Waals surface area contributed by atoms with E-state index in [0.717, 1.165) is 30.5 Å². The summed E-state index contributed by atoms with van der Waals surface area (Å²) >= 11 is 0. The van der Waals surface area contributed by atoms with Gasteiger partial charge in [0, 0.05) is 23.4 Å². The second kappa shape index (κ2) is 9.74. The van der Waals surface area contributed by atoms with Crippen molar-refractivity contribution in [1.29, 1.82) is 0 Å². The average Bonchev–Trinajstić information content (AvgIpc) is 2.60. The van der Waals surface area contributed by atoms with Gasteiger partial charge in [-0.15, -0.1) is 0 Å². The molecule has 3 nitrogen and oxygen atoms in total. The third-order valence-electron chi connectivity index (χ3n) is 3.69. The lowest BCUT2D eigenvalue weighted by Crippen LogP contribution is -1.97. The maximum absolute atomic E-state index is 14.2. The minimum absolute atomic E-state index is 0.255. The summed E-state index contributed by atoms with van der Waals surface area (Å²) in [6, 6.07) is 8.51. The van der Waals surface area contributed by atoms with Crippen molar-refractivity contribution in [3.8, 4) is 16.9 Å². The standard InChI is InChI=1S/C21H24FNO2/c1-3-13-25-19-11-12-20(21(22)14-19)17-9-10-18(23-15-17)8-6-4-5-7-16(2)24/h3,6,8-12,14-16,24H,1,4-5,7,13H2,2H3. The van der Waals surface area contributed by atoms with E-state index in [-0.39, 0.29) is 11.9 Å². The number of allylic oxidation sites excluding steroid dienone is 1. The number of rotatable bonds is 9. The van der Waals surface area contributed by atoms with Crippen LogP contribution in [0.4, 0.5) is 4.39 Å². The van der Waals surface area contributed by atoms with E-state index in [1.165, 1.54) is 6.07 Å². The Labute approximate surface area is 148 Å². The molecule has 2 aromatic rings. The highest BCUT2D eigenvalue weighted by molar-refractivity contribution is 5.65. The van der Waals surface area contributed by atoms with Crippen molar-refractivity contribution < 1.29 is 14.2 Å². The van der Waals surface area contributed by atoms with Gasteiger partial charge in [0.25, 0.3) is 0 Å². The van der Waals surface area contributed by atoms with Gasteiger partial charge in [0.05, 0.1) is 11.8 Å². The first-order valence-electron chi connectivity index (χ1n) is 8.44. The predicted octanol–water partition coefficient (Wildman–Crippen LogP) is 5.02. The molecule has 0 saturated carbocycles. The lowest BCUT2D eigenvalue weighted by atomic mass is 10.1. The van der Waals surface area contributed by atoms with Gasteiger partial charge >= 0.3 is 0 Å². The van der Waals surface area contributed by atoms with Crippen LogP contribution in [0.5, 0.6) is 5.75 Å². The SMILES string of the molecule is C=CCOc1ccc(-c2ccc(C=CCCCC(C)O)nc2)c(F)c1. The summed E-state index contributed by atoms with van der Waals surface area (Å²) in [4.78, 5) is 4.35. The van der Waals surface area contributed by atoms with Gasteiger partial charge in [0.2, 0.25) is 0 Å². The summed E-state index contributed by atoms with van der Waals surface area (Å²) in [5.74, 6) is 0.135. The normalized spacial score (nSPS) is 12.3. The molecule has 0 bridgehead atoms. The molecule has 1 heterocycles. The molecule has 1 aromatic heterocycles. The van der Waals surface area contributed by atoms with E-state index < -0.39 is 0 Å². The molecule has 1 N–H and O–H groups in total. The fraction of sp³-hybridized carbons (Fsp3) is 0.286. The van der Waals surface area contributed by atoms with E-state index in [0.29, 0.717) is 17.9 Å². The van der Waals surface area contributed by atoms with Gasteiger partial charge in [-0.25, -0.2) is 4.39 Å². The summed E-state index contributed by atoms with van der Waals surface area (Å²) < 4.78 is 19.6. The predicted molar refractivity (Wildman–Crippen MR) is 99.9 cm³/mol. The average molecular weight is 341 g/mol. The molecule has 0 fully saturated rings. The van der Waals surface area contributed by atoms with Crippen LogP contribution in [-0.4, -0.2) is 22.8 Å². The summed E-state index contributed by atoms with van der Waals surface area (Å²) in [5, 5.41) is 9.21. The Balaban J connectivity index is 1.99. The van der Waals surface area contributed by atoms with Crippen LogP contribution in [-0.2, 0) is 0 Å². The second-order valence-electron chi connectivity index (χ2n) is 5.90. The molecule has 4 heteroatoms. The molecular weight excluding hydrogens is 317 g/mol. The molecule has 0 aliphatic rings. The number of halogens is 1. The summed E-state index contributed by atoms with van der Waals surface area (Å²) in [7, 11) is 0. The molecule has 25 heavy (non-hydrogen) atoms. The minimum Gasteiger partial charge on any atom is -0.489 e. The highest BCUT2D eigenvalue weighted by Crippen LogP contribution is 2.26. The van der Waals surface area contributed by atoms with Gasteiger partial charge in [-0.1, -0.05) is 24.8 Å². The fourth-order valence-electron chi connectivity index (χ4n) is 2.37. The third-order valence-corrected chi connectivity index (χ3v) is 3.69. The summed E-state index contributed by atoms with van der Waals surface area (Å²) in [6.45, 7) is 5.71. The van der Waals surface area contributed by atoms with Crippen LogP contribution in [0.25, 0.3) is 17.2 Å². The number of aliphatic hydroxyl groups is 1. The minimum atomic E-state index is -0.343. The highest BCUT2D eigenvalue weighted by Gasteiger charge is 2.07. The Morgan fingerprint density at radius 3 is 2.80 bits per heavy atom. The molecule has 2 rings (SSSR count). The van der Waals surface area contributed by atoms with Crippen LogP contribution in [0.3, 0.4) is 0 Å². The molecule has 1 aromatic carbocycles. The summed E-state index contributed by atoms with van der Waals surface area (Å²) in [6.07, 6.45) is 9.64.